The average Bonchev–Trinajstić information content (AvgIpc) is 2.09. The Morgan fingerprint density at radius 1 is 1.53 bits per heavy atom. The van der Waals surface area contributed by atoms with Gasteiger partial charge in [-0.3, -0.25) is 4.79 Å². The van der Waals surface area contributed by atoms with Crippen LogP contribution < -0.4 is 5.32 Å². The van der Waals surface area contributed by atoms with Gasteiger partial charge in [-0.1, -0.05) is 27.5 Å². The summed E-state index contributed by atoms with van der Waals surface area (Å²) in [6.07, 6.45) is 0. The van der Waals surface area contributed by atoms with Crippen LogP contribution in [0.25, 0.3) is 0 Å². The molecule has 2 nitrogen and oxygen atoms in total. The maximum Gasteiger partial charge on any atom is 0.240 e. The van der Waals surface area contributed by atoms with Crippen molar-refractivity contribution in [1.29, 1.82) is 0 Å². The van der Waals surface area contributed by atoms with E-state index >= 15 is 0 Å². The van der Waals surface area contributed by atoms with E-state index in [1.54, 1.807) is 13.8 Å². The minimum atomic E-state index is -0.720. The largest absolute Gasteiger partial charge is 0.323 e. The van der Waals surface area contributed by atoms with E-state index in [0.717, 1.165) is 0 Å². The molecule has 15 heavy (non-hydrogen) atoms. The lowest BCUT2D eigenvalue weighted by molar-refractivity contribution is -0.117. The molecule has 1 aromatic carbocycles. The molecule has 0 aliphatic heterocycles. The first-order valence-corrected chi connectivity index (χ1v) is 5.43. The van der Waals surface area contributed by atoms with Crippen molar-refractivity contribution in [3.63, 3.8) is 0 Å². The van der Waals surface area contributed by atoms with Crippen LogP contribution in [0, 0.1) is 5.82 Å². The number of hydrogen-bond acceptors (Lipinski definition) is 1. The molecule has 0 fully saturated rings. The molecule has 0 saturated carbocycles. The molecule has 0 aliphatic carbocycles. The van der Waals surface area contributed by atoms with Crippen molar-refractivity contribution in [3.8, 4) is 0 Å². The van der Waals surface area contributed by atoms with Crippen molar-refractivity contribution in [2.45, 2.75) is 18.2 Å². The van der Waals surface area contributed by atoms with Crippen LogP contribution in [0.4, 0.5) is 10.1 Å². The first-order chi connectivity index (χ1) is 6.80. The summed E-state index contributed by atoms with van der Waals surface area (Å²) in [5.74, 6) is -0.725. The van der Waals surface area contributed by atoms with E-state index in [0.29, 0.717) is 5.02 Å². The fourth-order valence-electron chi connectivity index (χ4n) is 0.864. The molecule has 82 valence electrons. The second kappa shape index (κ2) is 4.49. The highest BCUT2D eigenvalue weighted by molar-refractivity contribution is 9.10. The molecule has 1 amide bonds. The van der Waals surface area contributed by atoms with Gasteiger partial charge in [-0.25, -0.2) is 4.39 Å². The summed E-state index contributed by atoms with van der Waals surface area (Å²) in [5.41, 5.74) is 0.272. The van der Waals surface area contributed by atoms with Crippen LogP contribution in [0.2, 0.25) is 5.02 Å². The molecule has 0 heterocycles. The number of nitrogens with one attached hydrogen (secondary N) is 1. The Bertz CT molecular complexity index is 389. The minimum absolute atomic E-state index is 0.272. The Morgan fingerprint density at radius 3 is 2.67 bits per heavy atom. The van der Waals surface area contributed by atoms with Gasteiger partial charge >= 0.3 is 0 Å². The van der Waals surface area contributed by atoms with Crippen molar-refractivity contribution < 1.29 is 9.18 Å². The van der Waals surface area contributed by atoms with Crippen LogP contribution in [0.5, 0.6) is 0 Å². The van der Waals surface area contributed by atoms with Gasteiger partial charge in [0.05, 0.1) is 15.0 Å². The first-order valence-electron chi connectivity index (χ1n) is 4.26. The zero-order valence-corrected chi connectivity index (χ0v) is 10.6. The number of alkyl halides is 1. The Balaban J connectivity index is 2.90. The lowest BCUT2D eigenvalue weighted by Gasteiger charge is -2.16. The highest BCUT2D eigenvalue weighted by Gasteiger charge is 2.24. The normalized spacial score (nSPS) is 11.3. The molecule has 0 unspecified atom stereocenters. The van der Waals surface area contributed by atoms with Crippen molar-refractivity contribution in [1.82, 2.24) is 0 Å². The smallest absolute Gasteiger partial charge is 0.240 e. The van der Waals surface area contributed by atoms with Crippen molar-refractivity contribution in [2.75, 3.05) is 5.32 Å². The standard InChI is InChI=1S/C10H10BrClFNO/c1-10(2,11)9(15)14-8-5-6(13)3-4-7(8)12/h3-5H,1-2H3,(H,14,15). The lowest BCUT2D eigenvalue weighted by Crippen LogP contribution is -2.31. The van der Waals surface area contributed by atoms with E-state index < -0.39 is 10.1 Å². The highest BCUT2D eigenvalue weighted by Crippen LogP contribution is 2.25. The Morgan fingerprint density at radius 2 is 2.13 bits per heavy atom. The predicted molar refractivity (Wildman–Crippen MR) is 63.0 cm³/mol. The SMILES string of the molecule is CC(C)(Br)C(=O)Nc1cc(F)ccc1Cl. The van der Waals surface area contributed by atoms with Gasteiger partial charge in [0.1, 0.15) is 5.82 Å². The summed E-state index contributed by atoms with van der Waals surface area (Å²) in [5, 5.41) is 2.84. The molecule has 1 rings (SSSR count). The molecule has 1 aromatic rings. The fourth-order valence-corrected chi connectivity index (χ4v) is 1.13. The van der Waals surface area contributed by atoms with Crippen LogP contribution in [0.15, 0.2) is 18.2 Å². The van der Waals surface area contributed by atoms with E-state index in [2.05, 4.69) is 21.2 Å². The molecule has 0 radical (unpaired) electrons. The number of benzene rings is 1. The van der Waals surface area contributed by atoms with E-state index in [1.807, 2.05) is 0 Å². The van der Waals surface area contributed by atoms with E-state index in [1.165, 1.54) is 18.2 Å². The van der Waals surface area contributed by atoms with Crippen LogP contribution >= 0.6 is 27.5 Å². The first kappa shape index (κ1) is 12.5. The van der Waals surface area contributed by atoms with Gasteiger partial charge in [-0.15, -0.1) is 0 Å². The average molecular weight is 295 g/mol. The molecule has 0 spiro atoms. The van der Waals surface area contributed by atoms with Crippen LogP contribution in [0.1, 0.15) is 13.8 Å². The minimum Gasteiger partial charge on any atom is -0.323 e. The molecular formula is C10H10BrClFNO. The van der Waals surface area contributed by atoms with Crippen LogP contribution in [0.3, 0.4) is 0 Å². The second-order valence-corrected chi connectivity index (χ2v) is 5.94. The number of hydrogen-bond donors (Lipinski definition) is 1. The van der Waals surface area contributed by atoms with Gasteiger partial charge < -0.3 is 5.32 Å². The third kappa shape index (κ3) is 3.47. The lowest BCUT2D eigenvalue weighted by atomic mass is 10.2. The zero-order valence-electron chi connectivity index (χ0n) is 8.27. The number of anilines is 1. The number of halogens is 3. The Hall–Kier alpha value is -0.610. The van der Waals surface area contributed by atoms with Gasteiger partial charge in [0.25, 0.3) is 0 Å². The molecular weight excluding hydrogens is 284 g/mol. The zero-order chi connectivity index (χ0) is 11.6. The number of carbonyl (C=O) groups is 1. The second-order valence-electron chi connectivity index (χ2n) is 3.55. The summed E-state index contributed by atoms with van der Waals surface area (Å²) in [6, 6.07) is 3.81. The molecule has 0 bridgehead atoms. The van der Waals surface area contributed by atoms with Gasteiger partial charge in [0.2, 0.25) is 5.91 Å². The van der Waals surface area contributed by atoms with Gasteiger partial charge in [-0.2, -0.15) is 0 Å². The maximum atomic E-state index is 12.9. The summed E-state index contributed by atoms with van der Waals surface area (Å²) in [4.78, 5) is 11.6. The quantitative estimate of drug-likeness (QED) is 0.830. The Labute approximate surface area is 101 Å². The van der Waals surface area contributed by atoms with E-state index in [4.69, 9.17) is 11.6 Å². The van der Waals surface area contributed by atoms with Gasteiger partial charge in [0, 0.05) is 0 Å². The number of rotatable bonds is 2. The third-order valence-corrected chi connectivity index (χ3v) is 2.41. The topological polar surface area (TPSA) is 29.1 Å². The van der Waals surface area contributed by atoms with Gasteiger partial charge in [0.15, 0.2) is 0 Å². The molecule has 0 aliphatic rings. The van der Waals surface area contributed by atoms with Crippen LogP contribution in [-0.4, -0.2) is 10.2 Å². The predicted octanol–water partition coefficient (Wildman–Crippen LogP) is 3.59. The molecule has 5 heteroatoms. The molecule has 0 aromatic heterocycles. The van der Waals surface area contributed by atoms with Crippen molar-refractivity contribution in [3.05, 3.63) is 29.0 Å². The number of amides is 1. The van der Waals surface area contributed by atoms with Crippen LogP contribution in [-0.2, 0) is 4.79 Å². The summed E-state index contributed by atoms with van der Waals surface area (Å²) in [6.45, 7) is 3.38. The highest BCUT2D eigenvalue weighted by atomic mass is 79.9. The summed E-state index contributed by atoms with van der Waals surface area (Å²) < 4.78 is 12.2. The van der Waals surface area contributed by atoms with Crippen molar-refractivity contribution >= 4 is 39.1 Å². The summed E-state index contributed by atoms with van der Waals surface area (Å²) >= 11 is 8.99. The number of carbonyl (C=O) groups excluding carboxylic acids is 1. The van der Waals surface area contributed by atoms with E-state index in [-0.39, 0.29) is 11.6 Å². The molecule has 0 saturated heterocycles. The summed E-state index contributed by atoms with van der Waals surface area (Å²) in [7, 11) is 0. The fraction of sp³-hybridized carbons (Fsp3) is 0.300. The Kier molecular flexibility index (Phi) is 3.73. The maximum absolute atomic E-state index is 12.9. The monoisotopic (exact) mass is 293 g/mol. The molecule has 0 atom stereocenters. The third-order valence-electron chi connectivity index (χ3n) is 1.72. The van der Waals surface area contributed by atoms with E-state index in [9.17, 15) is 9.18 Å². The van der Waals surface area contributed by atoms with Crippen molar-refractivity contribution in [2.24, 2.45) is 0 Å². The molecule has 1 N–H and O–H groups in total. The van der Waals surface area contributed by atoms with Gasteiger partial charge in [-0.05, 0) is 32.0 Å².